The third-order valence-corrected chi connectivity index (χ3v) is 4.72. The van der Waals surface area contributed by atoms with Gasteiger partial charge in [0, 0.05) is 24.8 Å². The molecule has 2 aromatic carbocycles. The van der Waals surface area contributed by atoms with Crippen molar-refractivity contribution in [2.24, 2.45) is 5.41 Å². The summed E-state index contributed by atoms with van der Waals surface area (Å²) in [6.45, 7) is 1.68. The van der Waals surface area contributed by atoms with Gasteiger partial charge in [-0.05, 0) is 55.2 Å². The van der Waals surface area contributed by atoms with Crippen LogP contribution in [0.3, 0.4) is 0 Å². The van der Waals surface area contributed by atoms with E-state index in [1.807, 2.05) is 0 Å². The van der Waals surface area contributed by atoms with E-state index in [0.29, 0.717) is 36.2 Å². The van der Waals surface area contributed by atoms with Crippen LogP contribution in [-0.2, 0) is 20.8 Å². The Morgan fingerprint density at radius 2 is 1.54 bits per heavy atom. The van der Waals surface area contributed by atoms with Crippen LogP contribution in [-0.4, -0.2) is 24.3 Å². The van der Waals surface area contributed by atoms with Gasteiger partial charge in [0.2, 0.25) is 17.7 Å². The lowest BCUT2D eigenvalue weighted by Gasteiger charge is -2.16. The lowest BCUT2D eigenvalue weighted by Crippen LogP contribution is -2.40. The molecule has 0 aromatic heterocycles. The van der Waals surface area contributed by atoms with E-state index in [1.165, 1.54) is 13.0 Å². The maximum Gasteiger partial charge on any atom is 0.240 e. The zero-order valence-electron chi connectivity index (χ0n) is 15.5. The summed E-state index contributed by atoms with van der Waals surface area (Å²) >= 11 is 0. The minimum atomic E-state index is -1.06. The zero-order chi connectivity index (χ0) is 20.1. The largest absolute Gasteiger partial charge is 0.355 e. The highest BCUT2D eigenvalue weighted by Crippen LogP contribution is 2.46. The van der Waals surface area contributed by atoms with Crippen LogP contribution >= 0.6 is 0 Å². The van der Waals surface area contributed by atoms with E-state index >= 15 is 0 Å². The van der Waals surface area contributed by atoms with Gasteiger partial charge in [0.25, 0.3) is 0 Å². The molecule has 1 saturated carbocycles. The predicted molar refractivity (Wildman–Crippen MR) is 104 cm³/mol. The monoisotopic (exact) mass is 383 g/mol. The first-order valence-electron chi connectivity index (χ1n) is 9.11. The van der Waals surface area contributed by atoms with Crippen LogP contribution < -0.4 is 16.0 Å². The van der Waals surface area contributed by atoms with Crippen molar-refractivity contribution >= 4 is 29.1 Å². The topological polar surface area (TPSA) is 87.3 Å². The first kappa shape index (κ1) is 19.5. The van der Waals surface area contributed by atoms with E-state index in [4.69, 9.17) is 0 Å². The van der Waals surface area contributed by atoms with Gasteiger partial charge in [-0.25, -0.2) is 4.39 Å². The number of halogens is 1. The average molecular weight is 383 g/mol. The Labute approximate surface area is 162 Å². The van der Waals surface area contributed by atoms with E-state index < -0.39 is 5.41 Å². The lowest BCUT2D eigenvalue weighted by atomic mass is 10.0. The van der Waals surface area contributed by atoms with E-state index in [0.717, 1.165) is 0 Å². The van der Waals surface area contributed by atoms with E-state index in [-0.39, 0.29) is 30.1 Å². The third kappa shape index (κ3) is 4.54. The molecule has 0 radical (unpaired) electrons. The summed E-state index contributed by atoms with van der Waals surface area (Å²) < 4.78 is 13.6. The van der Waals surface area contributed by atoms with Crippen molar-refractivity contribution in [2.45, 2.75) is 26.2 Å². The van der Waals surface area contributed by atoms with Crippen LogP contribution in [0.25, 0.3) is 0 Å². The van der Waals surface area contributed by atoms with Crippen molar-refractivity contribution in [1.29, 1.82) is 0 Å². The van der Waals surface area contributed by atoms with Gasteiger partial charge in [0.1, 0.15) is 11.2 Å². The zero-order valence-corrected chi connectivity index (χ0v) is 15.5. The molecule has 0 atom stereocenters. The molecule has 0 aliphatic heterocycles. The standard InChI is InChI=1S/C21H22FN3O3/c1-14(26)24-16-6-8-17(9-7-16)25-20(28)21(11-12-21)19(27)23-13-10-15-4-2-3-5-18(15)22/h2-9H,10-13H2,1H3,(H,23,27)(H,24,26)(H,25,28). The maximum absolute atomic E-state index is 13.6. The maximum atomic E-state index is 13.6. The molecule has 3 rings (SSSR count). The van der Waals surface area contributed by atoms with Gasteiger partial charge in [-0.15, -0.1) is 0 Å². The molecule has 1 aliphatic rings. The number of anilines is 2. The second-order valence-electron chi connectivity index (χ2n) is 6.89. The summed E-state index contributed by atoms with van der Waals surface area (Å²) in [7, 11) is 0. The highest BCUT2D eigenvalue weighted by atomic mass is 19.1. The van der Waals surface area contributed by atoms with Gasteiger partial charge >= 0.3 is 0 Å². The molecular formula is C21H22FN3O3. The first-order valence-corrected chi connectivity index (χ1v) is 9.11. The number of benzene rings is 2. The Bertz CT molecular complexity index is 892. The highest BCUT2D eigenvalue weighted by molar-refractivity contribution is 6.13. The Morgan fingerprint density at radius 1 is 0.929 bits per heavy atom. The van der Waals surface area contributed by atoms with Crippen LogP contribution in [0.15, 0.2) is 48.5 Å². The van der Waals surface area contributed by atoms with E-state index in [1.54, 1.807) is 42.5 Å². The fraction of sp³-hybridized carbons (Fsp3) is 0.286. The van der Waals surface area contributed by atoms with Crippen LogP contribution in [0.4, 0.5) is 15.8 Å². The number of hydrogen-bond donors (Lipinski definition) is 3. The van der Waals surface area contributed by atoms with Crippen molar-refractivity contribution in [3.8, 4) is 0 Å². The number of amides is 3. The predicted octanol–water partition coefficient (Wildman–Crippen LogP) is 2.86. The number of rotatable bonds is 7. The Hall–Kier alpha value is -3.22. The molecule has 1 fully saturated rings. The second-order valence-corrected chi connectivity index (χ2v) is 6.89. The summed E-state index contributed by atoms with van der Waals surface area (Å²) in [6.07, 6.45) is 1.32. The third-order valence-electron chi connectivity index (χ3n) is 4.72. The second kappa shape index (κ2) is 8.21. The number of carbonyl (C=O) groups excluding carboxylic acids is 3. The Balaban J connectivity index is 1.53. The fourth-order valence-electron chi connectivity index (χ4n) is 2.95. The SMILES string of the molecule is CC(=O)Nc1ccc(NC(=O)C2(C(=O)NCCc3ccccc3F)CC2)cc1. The van der Waals surface area contributed by atoms with Gasteiger partial charge in [-0.3, -0.25) is 14.4 Å². The minimum absolute atomic E-state index is 0.180. The first-order chi connectivity index (χ1) is 13.4. The molecule has 1 aliphatic carbocycles. The minimum Gasteiger partial charge on any atom is -0.355 e. The molecule has 3 N–H and O–H groups in total. The summed E-state index contributed by atoms with van der Waals surface area (Å²) in [6, 6.07) is 13.1. The highest BCUT2D eigenvalue weighted by Gasteiger charge is 2.56. The normalized spacial score (nSPS) is 14.1. The molecule has 0 saturated heterocycles. The summed E-state index contributed by atoms with van der Waals surface area (Å²) in [5, 5.41) is 8.14. The molecule has 3 amide bonds. The summed E-state index contributed by atoms with van der Waals surface area (Å²) in [5.41, 5.74) is 0.629. The van der Waals surface area contributed by atoms with Crippen molar-refractivity contribution in [3.63, 3.8) is 0 Å². The summed E-state index contributed by atoms with van der Waals surface area (Å²) in [5.74, 6) is -1.18. The van der Waals surface area contributed by atoms with Crippen LogP contribution in [0.2, 0.25) is 0 Å². The molecule has 6 nitrogen and oxygen atoms in total. The lowest BCUT2D eigenvalue weighted by molar-refractivity contribution is -0.134. The van der Waals surface area contributed by atoms with Gasteiger partial charge < -0.3 is 16.0 Å². The molecular weight excluding hydrogens is 361 g/mol. The molecule has 28 heavy (non-hydrogen) atoms. The van der Waals surface area contributed by atoms with Gasteiger partial charge in [-0.1, -0.05) is 18.2 Å². The number of carbonyl (C=O) groups is 3. The molecule has 0 unspecified atom stereocenters. The molecule has 7 heteroatoms. The van der Waals surface area contributed by atoms with E-state index in [9.17, 15) is 18.8 Å². The fourth-order valence-corrected chi connectivity index (χ4v) is 2.95. The number of hydrogen-bond acceptors (Lipinski definition) is 3. The Morgan fingerprint density at radius 3 is 2.11 bits per heavy atom. The summed E-state index contributed by atoms with van der Waals surface area (Å²) in [4.78, 5) is 36.1. The van der Waals surface area contributed by atoms with Gasteiger partial charge in [-0.2, -0.15) is 0 Å². The van der Waals surface area contributed by atoms with Gasteiger partial charge in [0.15, 0.2) is 0 Å². The molecule has 146 valence electrons. The van der Waals surface area contributed by atoms with E-state index in [2.05, 4.69) is 16.0 Å². The Kier molecular flexibility index (Phi) is 5.73. The van der Waals surface area contributed by atoms with Crippen LogP contribution in [0, 0.1) is 11.2 Å². The molecule has 0 bridgehead atoms. The number of nitrogens with one attached hydrogen (secondary N) is 3. The molecule has 0 spiro atoms. The van der Waals surface area contributed by atoms with Crippen molar-refractivity contribution < 1.29 is 18.8 Å². The smallest absolute Gasteiger partial charge is 0.240 e. The van der Waals surface area contributed by atoms with Crippen molar-refractivity contribution in [1.82, 2.24) is 5.32 Å². The van der Waals surface area contributed by atoms with Crippen molar-refractivity contribution in [3.05, 3.63) is 59.9 Å². The molecule has 0 heterocycles. The molecule has 2 aromatic rings. The van der Waals surface area contributed by atoms with Gasteiger partial charge in [0.05, 0.1) is 0 Å². The van der Waals surface area contributed by atoms with Crippen LogP contribution in [0.5, 0.6) is 0 Å². The van der Waals surface area contributed by atoms with Crippen LogP contribution in [0.1, 0.15) is 25.3 Å². The quantitative estimate of drug-likeness (QED) is 0.643. The average Bonchev–Trinajstić information content (AvgIpc) is 3.46. The van der Waals surface area contributed by atoms with Crippen molar-refractivity contribution in [2.75, 3.05) is 17.2 Å².